The van der Waals surface area contributed by atoms with E-state index in [2.05, 4.69) is 52.2 Å². The molecule has 5 nitrogen and oxygen atoms in total. The standard InChI is InChI=1S/C22H37N3O2/c1-4-7-8-21(25-15-19-27-20-16-25)9-10-22(24(5-2)6-3)11-12-23-13-17-26-18-14-23/h21-22H,5-6,8,11-20H2,1-3H3. The maximum Gasteiger partial charge on any atom is 0.0827 e. The van der Waals surface area contributed by atoms with E-state index in [1.54, 1.807) is 0 Å². The second-order valence-corrected chi connectivity index (χ2v) is 7.06. The van der Waals surface area contributed by atoms with Crippen LogP contribution in [0.4, 0.5) is 0 Å². The zero-order chi connectivity index (χ0) is 19.3. The highest BCUT2D eigenvalue weighted by Gasteiger charge is 2.20. The van der Waals surface area contributed by atoms with Gasteiger partial charge in [-0.1, -0.05) is 25.7 Å². The molecule has 0 aromatic carbocycles. The van der Waals surface area contributed by atoms with E-state index in [-0.39, 0.29) is 6.04 Å². The first kappa shape index (κ1) is 22.2. The fourth-order valence-corrected chi connectivity index (χ4v) is 3.69. The molecule has 0 radical (unpaired) electrons. The summed E-state index contributed by atoms with van der Waals surface area (Å²) in [6, 6.07) is 0.517. The first-order chi connectivity index (χ1) is 13.3. The lowest BCUT2D eigenvalue weighted by atomic mass is 10.1. The summed E-state index contributed by atoms with van der Waals surface area (Å²) < 4.78 is 11.0. The van der Waals surface area contributed by atoms with Crippen LogP contribution in [0.2, 0.25) is 0 Å². The van der Waals surface area contributed by atoms with Crippen molar-refractivity contribution >= 4 is 0 Å². The highest BCUT2D eigenvalue weighted by molar-refractivity contribution is 5.17. The van der Waals surface area contributed by atoms with Gasteiger partial charge in [0.15, 0.2) is 0 Å². The van der Waals surface area contributed by atoms with Crippen molar-refractivity contribution in [1.29, 1.82) is 0 Å². The summed E-state index contributed by atoms with van der Waals surface area (Å²) in [6.45, 7) is 16.8. The molecule has 27 heavy (non-hydrogen) atoms. The second kappa shape index (κ2) is 13.2. The van der Waals surface area contributed by atoms with Crippen molar-refractivity contribution in [2.24, 2.45) is 0 Å². The first-order valence-electron chi connectivity index (χ1n) is 10.5. The maximum absolute atomic E-state index is 5.51. The zero-order valence-corrected chi connectivity index (χ0v) is 17.5. The van der Waals surface area contributed by atoms with E-state index < -0.39 is 0 Å². The molecule has 2 heterocycles. The molecule has 152 valence electrons. The van der Waals surface area contributed by atoms with Gasteiger partial charge in [0.1, 0.15) is 0 Å². The van der Waals surface area contributed by atoms with Crippen molar-refractivity contribution in [3.8, 4) is 23.7 Å². The molecule has 2 aliphatic rings. The predicted octanol–water partition coefficient (Wildman–Crippen LogP) is 1.54. The van der Waals surface area contributed by atoms with Crippen LogP contribution < -0.4 is 0 Å². The summed E-state index contributed by atoms with van der Waals surface area (Å²) in [6.07, 6.45) is 1.90. The third-order valence-electron chi connectivity index (χ3n) is 5.45. The van der Waals surface area contributed by atoms with Gasteiger partial charge in [-0.2, -0.15) is 0 Å². The van der Waals surface area contributed by atoms with Crippen LogP contribution in [0.3, 0.4) is 0 Å². The number of ether oxygens (including phenoxy) is 2. The molecule has 2 atom stereocenters. The molecule has 0 aromatic rings. The van der Waals surface area contributed by atoms with Gasteiger partial charge < -0.3 is 9.47 Å². The Morgan fingerprint density at radius 3 is 2.15 bits per heavy atom. The minimum absolute atomic E-state index is 0.211. The van der Waals surface area contributed by atoms with Gasteiger partial charge in [0.2, 0.25) is 0 Å². The molecule has 5 heteroatoms. The Morgan fingerprint density at radius 1 is 0.926 bits per heavy atom. The number of hydrogen-bond acceptors (Lipinski definition) is 5. The second-order valence-electron chi connectivity index (χ2n) is 7.06. The van der Waals surface area contributed by atoms with Crippen molar-refractivity contribution in [3.63, 3.8) is 0 Å². The lowest BCUT2D eigenvalue weighted by Crippen LogP contribution is -2.43. The van der Waals surface area contributed by atoms with E-state index >= 15 is 0 Å². The summed E-state index contributed by atoms with van der Waals surface area (Å²) in [5.74, 6) is 13.5. The quantitative estimate of drug-likeness (QED) is 0.600. The lowest BCUT2D eigenvalue weighted by molar-refractivity contribution is 0.0280. The minimum Gasteiger partial charge on any atom is -0.379 e. The highest BCUT2D eigenvalue weighted by atomic mass is 16.5. The molecule has 0 amide bonds. The summed E-state index contributed by atoms with van der Waals surface area (Å²) in [5, 5.41) is 0. The van der Waals surface area contributed by atoms with Crippen molar-refractivity contribution in [1.82, 2.24) is 14.7 Å². The molecule has 2 fully saturated rings. The minimum atomic E-state index is 0.211. The van der Waals surface area contributed by atoms with Gasteiger partial charge in [-0.25, -0.2) is 0 Å². The van der Waals surface area contributed by atoms with Crippen molar-refractivity contribution in [3.05, 3.63) is 0 Å². The first-order valence-corrected chi connectivity index (χ1v) is 10.5. The molecule has 2 unspecified atom stereocenters. The van der Waals surface area contributed by atoms with Crippen LogP contribution in [0.25, 0.3) is 0 Å². The predicted molar refractivity (Wildman–Crippen MR) is 111 cm³/mol. The molecule has 0 bridgehead atoms. The van der Waals surface area contributed by atoms with Crippen molar-refractivity contribution < 1.29 is 9.47 Å². The number of rotatable bonds is 8. The van der Waals surface area contributed by atoms with Gasteiger partial charge in [-0.15, -0.1) is 11.8 Å². The zero-order valence-electron chi connectivity index (χ0n) is 17.5. The molecule has 2 aliphatic heterocycles. The monoisotopic (exact) mass is 375 g/mol. The summed E-state index contributed by atoms with van der Waals surface area (Å²) in [4.78, 5) is 7.42. The van der Waals surface area contributed by atoms with E-state index in [0.29, 0.717) is 6.04 Å². The SMILES string of the molecule is CC#CCC(C#CC(CCN1CCOCC1)N(CC)CC)N1CCOCC1. The molecule has 0 aromatic heterocycles. The Bertz CT molecular complexity index is 515. The van der Waals surface area contributed by atoms with Gasteiger partial charge >= 0.3 is 0 Å². The Labute approximate surface area is 166 Å². The van der Waals surface area contributed by atoms with Crippen LogP contribution in [0, 0.1) is 23.7 Å². The molecule has 0 aliphatic carbocycles. The van der Waals surface area contributed by atoms with E-state index in [1.165, 1.54) is 0 Å². The van der Waals surface area contributed by atoms with Crippen molar-refractivity contribution in [2.75, 3.05) is 72.2 Å². The third kappa shape index (κ3) is 7.82. The maximum atomic E-state index is 5.51. The molecule has 2 saturated heterocycles. The average Bonchev–Trinajstić information content (AvgIpc) is 2.73. The largest absolute Gasteiger partial charge is 0.379 e. The molecule has 0 saturated carbocycles. The Kier molecular flexibility index (Phi) is 10.8. The third-order valence-corrected chi connectivity index (χ3v) is 5.45. The van der Waals surface area contributed by atoms with Gasteiger partial charge in [0.25, 0.3) is 0 Å². The number of hydrogen-bond donors (Lipinski definition) is 0. The lowest BCUT2D eigenvalue weighted by Gasteiger charge is -2.32. The summed E-state index contributed by atoms with van der Waals surface area (Å²) >= 11 is 0. The van der Waals surface area contributed by atoms with Crippen LogP contribution in [0.1, 0.15) is 33.6 Å². The van der Waals surface area contributed by atoms with E-state index in [4.69, 9.17) is 9.47 Å². The topological polar surface area (TPSA) is 28.2 Å². The fourth-order valence-electron chi connectivity index (χ4n) is 3.69. The van der Waals surface area contributed by atoms with Crippen LogP contribution in [0.5, 0.6) is 0 Å². The van der Waals surface area contributed by atoms with Gasteiger partial charge in [0.05, 0.1) is 38.5 Å². The summed E-state index contributed by atoms with van der Waals surface area (Å²) in [5.41, 5.74) is 0. The molecular formula is C22H37N3O2. The van der Waals surface area contributed by atoms with E-state index in [1.807, 2.05) is 6.92 Å². The Hall–Kier alpha value is -1.08. The average molecular weight is 376 g/mol. The molecule has 2 rings (SSSR count). The van der Waals surface area contributed by atoms with Gasteiger partial charge in [-0.3, -0.25) is 14.7 Å². The van der Waals surface area contributed by atoms with E-state index in [9.17, 15) is 0 Å². The molecule has 0 N–H and O–H groups in total. The Balaban J connectivity index is 2.03. The number of morpholine rings is 2. The Morgan fingerprint density at radius 2 is 1.56 bits per heavy atom. The fraction of sp³-hybridized carbons (Fsp3) is 0.818. The van der Waals surface area contributed by atoms with Gasteiger partial charge in [-0.05, 0) is 26.4 Å². The van der Waals surface area contributed by atoms with Crippen LogP contribution in [-0.4, -0.2) is 99.0 Å². The smallest absolute Gasteiger partial charge is 0.0827 e. The van der Waals surface area contributed by atoms with Crippen LogP contribution in [-0.2, 0) is 9.47 Å². The van der Waals surface area contributed by atoms with Crippen LogP contribution in [0.15, 0.2) is 0 Å². The van der Waals surface area contributed by atoms with Crippen molar-refractivity contribution in [2.45, 2.75) is 45.7 Å². The normalized spacial score (nSPS) is 21.0. The van der Waals surface area contributed by atoms with E-state index in [0.717, 1.165) is 85.1 Å². The van der Waals surface area contributed by atoms with Gasteiger partial charge in [0, 0.05) is 39.1 Å². The van der Waals surface area contributed by atoms with Crippen LogP contribution >= 0.6 is 0 Å². The molecular weight excluding hydrogens is 338 g/mol. The molecule has 0 spiro atoms. The summed E-state index contributed by atoms with van der Waals surface area (Å²) in [7, 11) is 0. The highest BCUT2D eigenvalue weighted by Crippen LogP contribution is 2.10. The number of nitrogens with zero attached hydrogens (tertiary/aromatic N) is 3.